The molecule has 3 N–H and O–H groups in total. The van der Waals surface area contributed by atoms with Crippen molar-refractivity contribution < 1.29 is 9.72 Å². The number of benzene rings is 1. The van der Waals surface area contributed by atoms with E-state index in [1.165, 1.54) is 25.0 Å². The standard InChI is InChI=1S/C14H20N4O3/c1-17(9-10-4-2-3-7-16-10)13-6-5-11(18(20)21)8-12(13)14(15)19/h5-6,8,10,16H,2-4,7,9H2,1H3,(H2,15,19). The molecular weight excluding hydrogens is 272 g/mol. The van der Waals surface area contributed by atoms with Gasteiger partial charge in [0.25, 0.3) is 11.6 Å². The molecule has 1 unspecified atom stereocenters. The number of nitrogens with one attached hydrogen (secondary N) is 1. The predicted octanol–water partition coefficient (Wildman–Crippen LogP) is 1.27. The Morgan fingerprint density at radius 3 is 2.86 bits per heavy atom. The van der Waals surface area contributed by atoms with Crippen LogP contribution in [0.15, 0.2) is 18.2 Å². The molecule has 0 bridgehead atoms. The van der Waals surface area contributed by atoms with Crippen LogP contribution < -0.4 is 16.0 Å². The van der Waals surface area contributed by atoms with Crippen LogP contribution in [0.5, 0.6) is 0 Å². The van der Waals surface area contributed by atoms with Gasteiger partial charge in [0, 0.05) is 37.5 Å². The predicted molar refractivity (Wildman–Crippen MR) is 80.5 cm³/mol. The Labute approximate surface area is 123 Å². The van der Waals surface area contributed by atoms with Crippen molar-refractivity contribution in [1.82, 2.24) is 5.32 Å². The zero-order valence-corrected chi connectivity index (χ0v) is 12.0. The van der Waals surface area contributed by atoms with Crippen LogP contribution in [0.25, 0.3) is 0 Å². The fraction of sp³-hybridized carbons (Fsp3) is 0.500. The van der Waals surface area contributed by atoms with Crippen molar-refractivity contribution in [3.8, 4) is 0 Å². The number of nitro groups is 1. The van der Waals surface area contributed by atoms with Crippen molar-refractivity contribution in [3.63, 3.8) is 0 Å². The number of non-ortho nitro benzene ring substituents is 1. The van der Waals surface area contributed by atoms with Crippen molar-refractivity contribution >= 4 is 17.3 Å². The number of hydrogen-bond acceptors (Lipinski definition) is 5. The Balaban J connectivity index is 2.20. The minimum absolute atomic E-state index is 0.128. The molecule has 114 valence electrons. The molecule has 1 atom stereocenters. The lowest BCUT2D eigenvalue weighted by molar-refractivity contribution is -0.384. The van der Waals surface area contributed by atoms with Crippen molar-refractivity contribution in [2.45, 2.75) is 25.3 Å². The molecule has 21 heavy (non-hydrogen) atoms. The number of amides is 1. The molecule has 1 fully saturated rings. The normalized spacial score (nSPS) is 18.2. The summed E-state index contributed by atoms with van der Waals surface area (Å²) in [5, 5.41) is 14.2. The number of rotatable bonds is 5. The zero-order valence-electron chi connectivity index (χ0n) is 12.0. The summed E-state index contributed by atoms with van der Waals surface area (Å²) in [4.78, 5) is 23.7. The smallest absolute Gasteiger partial charge is 0.270 e. The molecule has 0 radical (unpaired) electrons. The van der Waals surface area contributed by atoms with Gasteiger partial charge in [-0.25, -0.2) is 0 Å². The second-order valence-electron chi connectivity index (χ2n) is 5.35. The van der Waals surface area contributed by atoms with Gasteiger partial charge in [0.1, 0.15) is 0 Å². The summed E-state index contributed by atoms with van der Waals surface area (Å²) in [5.74, 6) is -0.655. The minimum Gasteiger partial charge on any atom is -0.372 e. The van der Waals surface area contributed by atoms with Gasteiger partial charge in [-0.2, -0.15) is 0 Å². The van der Waals surface area contributed by atoms with Gasteiger partial charge >= 0.3 is 0 Å². The number of primary amides is 1. The Morgan fingerprint density at radius 1 is 1.52 bits per heavy atom. The molecule has 2 rings (SSSR count). The number of carbonyl (C=O) groups excluding carboxylic acids is 1. The largest absolute Gasteiger partial charge is 0.372 e. The highest BCUT2D eigenvalue weighted by molar-refractivity contribution is 5.99. The molecule has 1 aromatic carbocycles. The zero-order chi connectivity index (χ0) is 15.4. The van der Waals surface area contributed by atoms with E-state index < -0.39 is 10.8 Å². The topological polar surface area (TPSA) is 102 Å². The highest BCUT2D eigenvalue weighted by atomic mass is 16.6. The number of likely N-dealkylation sites (N-methyl/N-ethyl adjacent to an activating group) is 1. The maximum Gasteiger partial charge on any atom is 0.270 e. The van der Waals surface area contributed by atoms with Gasteiger partial charge in [0.15, 0.2) is 0 Å². The number of nitrogens with zero attached hydrogens (tertiary/aromatic N) is 2. The maximum absolute atomic E-state index is 11.6. The van der Waals surface area contributed by atoms with E-state index >= 15 is 0 Å². The number of anilines is 1. The lowest BCUT2D eigenvalue weighted by Crippen LogP contribution is -2.42. The summed E-state index contributed by atoms with van der Waals surface area (Å²) in [6.45, 7) is 1.74. The van der Waals surface area contributed by atoms with Crippen LogP contribution in [0.2, 0.25) is 0 Å². The van der Waals surface area contributed by atoms with Crippen LogP contribution >= 0.6 is 0 Å². The summed E-state index contributed by atoms with van der Waals surface area (Å²) in [6, 6.07) is 4.58. The van der Waals surface area contributed by atoms with Gasteiger partial charge < -0.3 is 16.0 Å². The number of piperidine rings is 1. The van der Waals surface area contributed by atoms with Gasteiger partial charge in [0.2, 0.25) is 0 Å². The minimum atomic E-state index is -0.655. The van der Waals surface area contributed by atoms with E-state index in [4.69, 9.17) is 5.73 Å². The molecule has 1 saturated heterocycles. The van der Waals surface area contributed by atoms with E-state index in [0.29, 0.717) is 11.7 Å². The lowest BCUT2D eigenvalue weighted by Gasteiger charge is -2.30. The van der Waals surface area contributed by atoms with E-state index in [-0.39, 0.29) is 11.3 Å². The molecule has 7 heteroatoms. The van der Waals surface area contributed by atoms with Crippen LogP contribution in [0.3, 0.4) is 0 Å². The fourth-order valence-corrected chi connectivity index (χ4v) is 2.68. The molecule has 7 nitrogen and oxygen atoms in total. The highest BCUT2D eigenvalue weighted by Gasteiger charge is 2.20. The summed E-state index contributed by atoms with van der Waals surface area (Å²) in [6.07, 6.45) is 3.46. The molecule has 1 aliphatic heterocycles. The van der Waals surface area contributed by atoms with Crippen LogP contribution in [-0.4, -0.2) is 37.0 Å². The Morgan fingerprint density at radius 2 is 2.29 bits per heavy atom. The van der Waals surface area contributed by atoms with Crippen molar-refractivity contribution in [1.29, 1.82) is 0 Å². The summed E-state index contributed by atoms with van der Waals surface area (Å²) < 4.78 is 0. The molecule has 0 saturated carbocycles. The van der Waals surface area contributed by atoms with Gasteiger partial charge in [0.05, 0.1) is 10.5 Å². The van der Waals surface area contributed by atoms with Gasteiger partial charge in [-0.05, 0) is 25.5 Å². The van der Waals surface area contributed by atoms with Crippen molar-refractivity contribution in [2.75, 3.05) is 25.0 Å². The van der Waals surface area contributed by atoms with Gasteiger partial charge in [-0.3, -0.25) is 14.9 Å². The molecule has 1 aromatic rings. The molecule has 0 aromatic heterocycles. The second kappa shape index (κ2) is 6.53. The van der Waals surface area contributed by atoms with E-state index in [2.05, 4.69) is 5.32 Å². The van der Waals surface area contributed by atoms with Crippen LogP contribution in [0.4, 0.5) is 11.4 Å². The Bertz CT molecular complexity index is 541. The van der Waals surface area contributed by atoms with Crippen LogP contribution in [0.1, 0.15) is 29.6 Å². The number of nitro benzene ring substituents is 1. The van der Waals surface area contributed by atoms with Crippen LogP contribution in [-0.2, 0) is 0 Å². The first-order valence-corrected chi connectivity index (χ1v) is 7.02. The summed E-state index contributed by atoms with van der Waals surface area (Å²) in [7, 11) is 1.86. The average molecular weight is 292 g/mol. The van der Waals surface area contributed by atoms with E-state index in [0.717, 1.165) is 19.5 Å². The van der Waals surface area contributed by atoms with Crippen LogP contribution in [0, 0.1) is 10.1 Å². The average Bonchev–Trinajstić information content (AvgIpc) is 2.47. The van der Waals surface area contributed by atoms with Crippen molar-refractivity contribution in [3.05, 3.63) is 33.9 Å². The third kappa shape index (κ3) is 3.69. The highest BCUT2D eigenvalue weighted by Crippen LogP contribution is 2.25. The number of carbonyl (C=O) groups is 1. The molecule has 0 spiro atoms. The molecule has 1 amide bonds. The van der Waals surface area contributed by atoms with E-state index in [1.54, 1.807) is 6.07 Å². The van der Waals surface area contributed by atoms with Crippen molar-refractivity contribution in [2.24, 2.45) is 5.73 Å². The monoisotopic (exact) mass is 292 g/mol. The molecule has 0 aliphatic carbocycles. The second-order valence-corrected chi connectivity index (χ2v) is 5.35. The number of hydrogen-bond donors (Lipinski definition) is 2. The lowest BCUT2D eigenvalue weighted by atomic mass is 10.0. The Kier molecular flexibility index (Phi) is 4.74. The fourth-order valence-electron chi connectivity index (χ4n) is 2.68. The third-order valence-electron chi connectivity index (χ3n) is 3.77. The number of nitrogens with two attached hydrogens (primary N) is 1. The third-order valence-corrected chi connectivity index (χ3v) is 3.77. The SMILES string of the molecule is CN(CC1CCCCN1)c1ccc([N+](=O)[O-])cc1C(N)=O. The molecular formula is C14H20N4O3. The summed E-state index contributed by atoms with van der Waals surface area (Å²) in [5.41, 5.74) is 6.03. The quantitative estimate of drug-likeness (QED) is 0.628. The molecule has 1 heterocycles. The molecule has 1 aliphatic rings. The first-order chi connectivity index (χ1) is 9.99. The maximum atomic E-state index is 11.6. The van der Waals surface area contributed by atoms with E-state index in [1.807, 2.05) is 11.9 Å². The first kappa shape index (κ1) is 15.2. The summed E-state index contributed by atoms with van der Waals surface area (Å²) >= 11 is 0. The Hall–Kier alpha value is -2.15. The first-order valence-electron chi connectivity index (χ1n) is 7.02. The van der Waals surface area contributed by atoms with E-state index in [9.17, 15) is 14.9 Å². The van der Waals surface area contributed by atoms with Gasteiger partial charge in [-0.1, -0.05) is 6.42 Å². The van der Waals surface area contributed by atoms with Gasteiger partial charge in [-0.15, -0.1) is 0 Å².